The molecule has 362 valence electrons. The van der Waals surface area contributed by atoms with Crippen LogP contribution in [-0.2, 0) is 31.0 Å². The van der Waals surface area contributed by atoms with Crippen LogP contribution in [0.25, 0.3) is 22.3 Å². The first-order valence-corrected chi connectivity index (χ1v) is 26.7. The van der Waals surface area contributed by atoms with Crippen molar-refractivity contribution in [1.29, 1.82) is 0 Å². The van der Waals surface area contributed by atoms with E-state index in [1.807, 2.05) is 37.4 Å². The molecule has 0 radical (unpaired) electrons. The number of methoxy groups -OCH3 is 1. The number of thiazole rings is 1. The normalized spacial score (nSPS) is 25.1. The largest absolute Gasteiger partial charge is 0.497 e. The summed E-state index contributed by atoms with van der Waals surface area (Å²) in [5.41, 5.74) is 1.73. The van der Waals surface area contributed by atoms with Gasteiger partial charge in [-0.2, -0.15) is 4.31 Å². The van der Waals surface area contributed by atoms with E-state index in [1.165, 1.54) is 31.9 Å². The number of benzene rings is 1. The van der Waals surface area contributed by atoms with Gasteiger partial charge in [0.1, 0.15) is 40.9 Å². The molecule has 1 aromatic carbocycles. The fraction of sp³-hybridized carbons (Fsp3) is 0.500. The number of nitrogens with zero attached hydrogens (tertiary/aromatic N) is 4. The lowest BCUT2D eigenvalue weighted by atomic mass is 9.93. The number of thiophene rings is 1. The maximum absolute atomic E-state index is 15.1. The number of ether oxygens (including phenoxy) is 2. The minimum atomic E-state index is -3.76. The Kier molecular flexibility index (Phi) is 13.8. The van der Waals surface area contributed by atoms with Crippen molar-refractivity contribution in [2.24, 2.45) is 5.92 Å². The number of sulfonamides is 1. The quantitative estimate of drug-likeness (QED) is 0.0945. The van der Waals surface area contributed by atoms with Gasteiger partial charge in [-0.25, -0.2) is 28.0 Å². The number of anilines is 1. The second kappa shape index (κ2) is 19.8. The SMILES string of the molecule is COc1ccc2c(O[C@@H]3C[C@H]4C(=O)N[C@]5(C(=O)O)CC5C=CCCCCC[C@H](NC(=O)NC(CN5Cc6sccc6S5(=O)=O)=C5CCCCC5)C(=O)N4C3)cc(-c3csc(NC(C)C)n3)nc2c1. The van der Waals surface area contributed by atoms with Crippen LogP contribution in [0.15, 0.2) is 69.4 Å². The standard InChI is InChI=1S/C48H58N8O9S3/c1-28(2)49-47-53-38(27-67-47)36-22-40(33-17-16-31(64-3)20-35(33)50-36)65-32-21-39-43(57)54-48(45(59)60)23-30(48)14-10-5-4-6-11-15-34(44(58)56(39)24-32)51-46(61)52-37(29-12-8-7-9-13-29)25-55-26-41-42(18-19-66-41)68(55,62)63/h10,14,16-20,22,27-28,30,32,34,39H,4-9,11-13,15,21,23-26H2,1-3H3,(H,49,53)(H,54,57)(H,59,60)(H2,51,52,61)/t30?,32-,34+,39+,48-/m1/s1. The number of carbonyl (C=O) groups excluding carboxylic acids is 3. The molecule has 5 aliphatic rings. The number of nitrogens with one attached hydrogen (secondary N) is 4. The molecular weight excluding hydrogens is 929 g/mol. The second-order valence-electron chi connectivity index (χ2n) is 18.6. The molecule has 2 aliphatic carbocycles. The number of aromatic nitrogens is 2. The summed E-state index contributed by atoms with van der Waals surface area (Å²) in [6.45, 7) is 4.21. The third-order valence-corrected chi connectivity index (χ3v) is 17.2. The first kappa shape index (κ1) is 47.5. The lowest BCUT2D eigenvalue weighted by Crippen LogP contribution is -2.57. The molecule has 5 N–H and O–H groups in total. The van der Waals surface area contributed by atoms with Crippen LogP contribution in [-0.4, -0.2) is 106 Å². The minimum absolute atomic E-state index is 0.0189. The Bertz CT molecular complexity index is 2760. The number of carboxylic acids is 1. The lowest BCUT2D eigenvalue weighted by molar-refractivity contribution is -0.145. The van der Waals surface area contributed by atoms with E-state index in [2.05, 4.69) is 21.3 Å². The number of carbonyl (C=O) groups is 4. The number of urea groups is 1. The highest BCUT2D eigenvalue weighted by Crippen LogP contribution is 2.46. The van der Waals surface area contributed by atoms with E-state index in [0.29, 0.717) is 70.1 Å². The number of hydrogen-bond donors (Lipinski definition) is 5. The minimum Gasteiger partial charge on any atom is -0.497 e. The van der Waals surface area contributed by atoms with Gasteiger partial charge in [0.2, 0.25) is 21.8 Å². The van der Waals surface area contributed by atoms with Gasteiger partial charge in [0, 0.05) is 51.9 Å². The molecular formula is C48H58N8O9S3. The average molecular weight is 987 g/mol. The van der Waals surface area contributed by atoms with E-state index in [4.69, 9.17) is 19.4 Å². The third kappa shape index (κ3) is 9.95. The van der Waals surface area contributed by atoms with Gasteiger partial charge in [-0.15, -0.1) is 22.7 Å². The van der Waals surface area contributed by atoms with Gasteiger partial charge in [-0.3, -0.25) is 9.59 Å². The van der Waals surface area contributed by atoms with Crippen LogP contribution in [0.5, 0.6) is 11.5 Å². The van der Waals surface area contributed by atoms with Crippen molar-refractivity contribution in [3.05, 3.63) is 69.4 Å². The molecule has 3 fully saturated rings. The Hall–Kier alpha value is -5.57. The third-order valence-electron chi connectivity index (χ3n) is 13.5. The molecule has 3 aromatic heterocycles. The van der Waals surface area contributed by atoms with E-state index in [9.17, 15) is 27.9 Å². The van der Waals surface area contributed by atoms with Gasteiger partial charge >= 0.3 is 12.0 Å². The number of amides is 4. The number of carboxylic acid groups (broad SMARTS) is 1. The van der Waals surface area contributed by atoms with Crippen LogP contribution in [0.4, 0.5) is 9.93 Å². The molecule has 0 bridgehead atoms. The van der Waals surface area contributed by atoms with Gasteiger partial charge in [0.25, 0.3) is 0 Å². The first-order chi connectivity index (χ1) is 32.7. The molecule has 17 nitrogen and oxygen atoms in total. The van der Waals surface area contributed by atoms with Crippen LogP contribution < -0.4 is 30.7 Å². The van der Waals surface area contributed by atoms with Gasteiger partial charge in [-0.05, 0) is 94.4 Å². The molecule has 9 rings (SSSR count). The van der Waals surface area contributed by atoms with Crippen molar-refractivity contribution in [2.45, 2.75) is 132 Å². The monoisotopic (exact) mass is 986 g/mol. The van der Waals surface area contributed by atoms with E-state index in [0.717, 1.165) is 47.7 Å². The van der Waals surface area contributed by atoms with Crippen LogP contribution in [0.1, 0.15) is 95.8 Å². The lowest BCUT2D eigenvalue weighted by Gasteiger charge is -2.30. The van der Waals surface area contributed by atoms with Gasteiger partial charge in [-0.1, -0.05) is 31.4 Å². The van der Waals surface area contributed by atoms with E-state index in [-0.39, 0.29) is 44.9 Å². The van der Waals surface area contributed by atoms with E-state index in [1.54, 1.807) is 36.8 Å². The maximum Gasteiger partial charge on any atom is 0.330 e. The van der Waals surface area contributed by atoms with E-state index >= 15 is 4.79 Å². The summed E-state index contributed by atoms with van der Waals surface area (Å²) in [7, 11) is -2.19. The van der Waals surface area contributed by atoms with Gasteiger partial charge in [0.15, 0.2) is 5.13 Å². The summed E-state index contributed by atoms with van der Waals surface area (Å²) in [5, 5.41) is 27.6. The van der Waals surface area contributed by atoms with Crippen LogP contribution in [0.3, 0.4) is 0 Å². The predicted octanol–water partition coefficient (Wildman–Crippen LogP) is 7.17. The van der Waals surface area contributed by atoms with Crippen molar-refractivity contribution >= 4 is 72.5 Å². The summed E-state index contributed by atoms with van der Waals surface area (Å²) in [4.78, 5) is 68.8. The summed E-state index contributed by atoms with van der Waals surface area (Å²) in [6, 6.07) is 6.15. The fourth-order valence-corrected chi connectivity index (χ4v) is 13.5. The molecule has 2 saturated carbocycles. The average Bonchev–Trinajstić information content (AvgIpc) is 3.79. The number of aliphatic carboxylic acids is 1. The number of rotatable bonds is 11. The second-order valence-corrected chi connectivity index (χ2v) is 22.4. The first-order valence-electron chi connectivity index (χ1n) is 23.5. The maximum atomic E-state index is 15.1. The zero-order valence-corrected chi connectivity index (χ0v) is 40.9. The topological polar surface area (TPSA) is 221 Å². The number of fused-ring (bicyclic) bond motifs is 4. The van der Waals surface area contributed by atoms with Crippen LogP contribution >= 0.6 is 22.7 Å². The Balaban J connectivity index is 1.01. The van der Waals surface area contributed by atoms with Crippen molar-refractivity contribution < 1.29 is 42.2 Å². The van der Waals surface area contributed by atoms with Gasteiger partial charge < -0.3 is 40.7 Å². The number of hydrogen-bond acceptors (Lipinski definition) is 13. The van der Waals surface area contributed by atoms with Gasteiger partial charge in [0.05, 0.1) is 42.9 Å². The molecule has 0 spiro atoms. The van der Waals surface area contributed by atoms with Crippen LogP contribution in [0.2, 0.25) is 0 Å². The summed E-state index contributed by atoms with van der Waals surface area (Å²) in [5.74, 6) is -1.65. The van der Waals surface area contributed by atoms with Crippen molar-refractivity contribution in [2.75, 3.05) is 25.5 Å². The smallest absolute Gasteiger partial charge is 0.330 e. The molecule has 1 unspecified atom stereocenters. The molecule has 20 heteroatoms. The Morgan fingerprint density at radius 2 is 1.84 bits per heavy atom. The molecule has 5 atom stereocenters. The fourth-order valence-electron chi connectivity index (χ4n) is 9.79. The van der Waals surface area contributed by atoms with Crippen molar-refractivity contribution in [3.63, 3.8) is 0 Å². The predicted molar refractivity (Wildman–Crippen MR) is 259 cm³/mol. The van der Waals surface area contributed by atoms with E-state index < -0.39 is 63.5 Å². The molecule has 68 heavy (non-hydrogen) atoms. The van der Waals surface area contributed by atoms with Crippen molar-refractivity contribution in [3.8, 4) is 22.9 Å². The molecule has 1 saturated heterocycles. The highest BCUT2D eigenvalue weighted by atomic mass is 32.2. The molecule has 3 aliphatic heterocycles. The zero-order valence-electron chi connectivity index (χ0n) is 38.4. The highest BCUT2D eigenvalue weighted by Gasteiger charge is 2.61. The Morgan fingerprint density at radius 3 is 2.60 bits per heavy atom. The molecule has 4 amide bonds. The number of allylic oxidation sites excluding steroid dienone is 2. The zero-order chi connectivity index (χ0) is 47.7. The highest BCUT2D eigenvalue weighted by molar-refractivity contribution is 7.89. The summed E-state index contributed by atoms with van der Waals surface area (Å²) in [6.07, 6.45) is 10.7. The van der Waals surface area contributed by atoms with Crippen molar-refractivity contribution in [1.82, 2.24) is 35.1 Å². The molecule has 6 heterocycles. The van der Waals surface area contributed by atoms with Crippen LogP contribution in [0, 0.1) is 5.92 Å². The number of pyridine rings is 1. The Labute approximate surface area is 403 Å². The molecule has 4 aromatic rings. The summed E-state index contributed by atoms with van der Waals surface area (Å²) >= 11 is 2.84. The summed E-state index contributed by atoms with van der Waals surface area (Å²) < 4.78 is 40.8. The Morgan fingerprint density at radius 1 is 1.03 bits per heavy atom.